The van der Waals surface area contributed by atoms with Crippen LogP contribution in [0, 0.1) is 17.8 Å². The highest BCUT2D eigenvalue weighted by atomic mass is 16.6. The van der Waals surface area contributed by atoms with Gasteiger partial charge >= 0.3 is 12.1 Å². The summed E-state index contributed by atoms with van der Waals surface area (Å²) in [7, 11) is 0. The van der Waals surface area contributed by atoms with E-state index in [1.807, 2.05) is 13.8 Å². The molecule has 1 N–H and O–H groups in total. The number of carbonyl (C=O) groups excluding carboxylic acids is 1. The molecule has 2 rings (SSSR count). The number of hydrogen-bond acceptors (Lipinski definition) is 3. The molecule has 3 unspecified atom stereocenters. The van der Waals surface area contributed by atoms with Gasteiger partial charge in [-0.3, -0.25) is 4.90 Å². The molecule has 18 heavy (non-hydrogen) atoms. The Balaban J connectivity index is 2.03. The minimum absolute atomic E-state index is 0.120. The highest BCUT2D eigenvalue weighted by molar-refractivity contribution is 5.81. The maximum absolute atomic E-state index is 11.9. The Labute approximate surface area is 107 Å². The van der Waals surface area contributed by atoms with Crippen LogP contribution in [0.1, 0.15) is 33.1 Å². The Bertz CT molecular complexity index is 342. The van der Waals surface area contributed by atoms with E-state index in [2.05, 4.69) is 0 Å². The van der Waals surface area contributed by atoms with Crippen LogP contribution < -0.4 is 0 Å². The summed E-state index contributed by atoms with van der Waals surface area (Å²) in [6.07, 6.45) is 2.55. The zero-order valence-electron chi connectivity index (χ0n) is 11.0. The lowest BCUT2D eigenvalue weighted by Gasteiger charge is -2.24. The van der Waals surface area contributed by atoms with Gasteiger partial charge in [0.25, 0.3) is 0 Å². The van der Waals surface area contributed by atoms with Crippen molar-refractivity contribution in [3.63, 3.8) is 0 Å². The zero-order valence-corrected chi connectivity index (χ0v) is 11.0. The number of fused-ring (bicyclic) bond motifs is 1. The van der Waals surface area contributed by atoms with E-state index >= 15 is 0 Å². The molecule has 1 saturated carbocycles. The zero-order chi connectivity index (χ0) is 13.3. The summed E-state index contributed by atoms with van der Waals surface area (Å²) in [5.41, 5.74) is 0. The molecule has 0 bridgehead atoms. The molecule has 3 atom stereocenters. The number of carboxylic acids is 1. The third-order valence-corrected chi connectivity index (χ3v) is 3.92. The standard InChI is InChI=1S/C13H21NO4/c1-8(2)7-18-13(17)14-6-9-4-3-5-10(9)11(14)12(15)16/h8-11H,3-7H2,1-2H3,(H,15,16). The molecule has 1 aliphatic carbocycles. The molecule has 102 valence electrons. The smallest absolute Gasteiger partial charge is 0.410 e. The SMILES string of the molecule is CC(C)COC(=O)N1CC2CCCC2C1C(=O)O. The summed E-state index contributed by atoms with van der Waals surface area (Å²) in [6, 6.07) is -0.683. The van der Waals surface area contributed by atoms with Gasteiger partial charge < -0.3 is 9.84 Å². The molecule has 0 aromatic carbocycles. The monoisotopic (exact) mass is 255 g/mol. The highest BCUT2D eigenvalue weighted by Crippen LogP contribution is 2.42. The van der Waals surface area contributed by atoms with E-state index in [0.717, 1.165) is 19.3 Å². The van der Waals surface area contributed by atoms with Crippen molar-refractivity contribution in [1.29, 1.82) is 0 Å². The molecular weight excluding hydrogens is 234 g/mol. The third kappa shape index (κ3) is 2.44. The van der Waals surface area contributed by atoms with Gasteiger partial charge in [0.1, 0.15) is 6.04 Å². The Morgan fingerprint density at radius 3 is 2.72 bits per heavy atom. The van der Waals surface area contributed by atoms with Crippen molar-refractivity contribution in [2.75, 3.05) is 13.2 Å². The maximum Gasteiger partial charge on any atom is 0.410 e. The van der Waals surface area contributed by atoms with Crippen molar-refractivity contribution >= 4 is 12.1 Å². The molecule has 0 aromatic heterocycles. The van der Waals surface area contributed by atoms with Crippen molar-refractivity contribution in [3.8, 4) is 0 Å². The van der Waals surface area contributed by atoms with Crippen LogP contribution in [0.4, 0.5) is 4.79 Å². The van der Waals surface area contributed by atoms with Crippen LogP contribution in [0.3, 0.4) is 0 Å². The Hall–Kier alpha value is -1.26. The molecule has 0 radical (unpaired) electrons. The van der Waals surface area contributed by atoms with Crippen LogP contribution >= 0.6 is 0 Å². The second kappa shape index (κ2) is 5.16. The number of rotatable bonds is 3. The van der Waals surface area contributed by atoms with E-state index < -0.39 is 18.1 Å². The van der Waals surface area contributed by atoms with E-state index in [1.165, 1.54) is 4.90 Å². The highest BCUT2D eigenvalue weighted by Gasteiger charge is 2.50. The molecule has 1 heterocycles. The van der Waals surface area contributed by atoms with Gasteiger partial charge in [-0.1, -0.05) is 20.3 Å². The fourth-order valence-corrected chi connectivity index (χ4v) is 3.13. The molecular formula is C13H21NO4. The second-order valence-electron chi connectivity index (χ2n) is 5.76. The summed E-state index contributed by atoms with van der Waals surface area (Å²) < 4.78 is 5.16. The number of likely N-dealkylation sites (tertiary alicyclic amines) is 1. The summed E-state index contributed by atoms with van der Waals surface area (Å²) in [5.74, 6) is -0.169. The van der Waals surface area contributed by atoms with E-state index in [0.29, 0.717) is 19.1 Å². The number of carboxylic acid groups (broad SMARTS) is 1. The van der Waals surface area contributed by atoms with Crippen LogP contribution in [0.25, 0.3) is 0 Å². The lowest BCUT2D eigenvalue weighted by Crippen LogP contribution is -2.43. The number of nitrogens with zero attached hydrogens (tertiary/aromatic N) is 1. The van der Waals surface area contributed by atoms with Gasteiger partial charge in [0.05, 0.1) is 6.61 Å². The van der Waals surface area contributed by atoms with E-state index in [4.69, 9.17) is 4.74 Å². The number of aliphatic carboxylic acids is 1. The fourth-order valence-electron chi connectivity index (χ4n) is 3.13. The normalized spacial score (nSPS) is 30.6. The topological polar surface area (TPSA) is 66.8 Å². The minimum Gasteiger partial charge on any atom is -0.480 e. The lowest BCUT2D eigenvalue weighted by atomic mass is 9.94. The fraction of sp³-hybridized carbons (Fsp3) is 0.846. The van der Waals surface area contributed by atoms with E-state index in [-0.39, 0.29) is 11.8 Å². The molecule has 2 fully saturated rings. The van der Waals surface area contributed by atoms with Crippen molar-refractivity contribution < 1.29 is 19.4 Å². The number of hydrogen-bond donors (Lipinski definition) is 1. The van der Waals surface area contributed by atoms with Gasteiger partial charge in [-0.2, -0.15) is 0 Å². The molecule has 1 saturated heterocycles. The van der Waals surface area contributed by atoms with Crippen molar-refractivity contribution in [1.82, 2.24) is 4.90 Å². The number of ether oxygens (including phenoxy) is 1. The average molecular weight is 255 g/mol. The molecule has 5 heteroatoms. The second-order valence-corrected chi connectivity index (χ2v) is 5.76. The Kier molecular flexibility index (Phi) is 3.78. The van der Waals surface area contributed by atoms with Gasteiger partial charge in [0.2, 0.25) is 0 Å². The van der Waals surface area contributed by atoms with Gasteiger partial charge in [-0.25, -0.2) is 9.59 Å². The lowest BCUT2D eigenvalue weighted by molar-refractivity contribution is -0.143. The number of amides is 1. The Morgan fingerprint density at radius 2 is 2.11 bits per heavy atom. The largest absolute Gasteiger partial charge is 0.480 e. The molecule has 0 aromatic rings. The molecule has 5 nitrogen and oxygen atoms in total. The van der Waals surface area contributed by atoms with Gasteiger partial charge in [0.15, 0.2) is 0 Å². The van der Waals surface area contributed by atoms with E-state index in [9.17, 15) is 14.7 Å². The van der Waals surface area contributed by atoms with Crippen LogP contribution in [0.5, 0.6) is 0 Å². The summed E-state index contributed by atoms with van der Waals surface area (Å²) in [6.45, 7) is 4.80. The predicted octanol–water partition coefficient (Wildman–Crippen LogP) is 1.96. The third-order valence-electron chi connectivity index (χ3n) is 3.92. The first-order valence-electron chi connectivity index (χ1n) is 6.67. The first kappa shape index (κ1) is 13.2. The van der Waals surface area contributed by atoms with Gasteiger partial charge in [-0.15, -0.1) is 0 Å². The Morgan fingerprint density at radius 1 is 1.39 bits per heavy atom. The predicted molar refractivity (Wildman–Crippen MR) is 65.1 cm³/mol. The van der Waals surface area contributed by atoms with Crippen LogP contribution in [0.2, 0.25) is 0 Å². The van der Waals surface area contributed by atoms with Crippen molar-refractivity contribution in [2.45, 2.75) is 39.2 Å². The van der Waals surface area contributed by atoms with Gasteiger partial charge in [-0.05, 0) is 30.6 Å². The summed E-state index contributed by atoms with van der Waals surface area (Å²) in [5, 5.41) is 9.31. The van der Waals surface area contributed by atoms with Gasteiger partial charge in [0, 0.05) is 6.54 Å². The van der Waals surface area contributed by atoms with E-state index in [1.54, 1.807) is 0 Å². The first-order valence-corrected chi connectivity index (χ1v) is 6.67. The maximum atomic E-state index is 11.9. The summed E-state index contributed by atoms with van der Waals surface area (Å²) >= 11 is 0. The van der Waals surface area contributed by atoms with Crippen molar-refractivity contribution in [2.24, 2.45) is 17.8 Å². The molecule has 0 spiro atoms. The molecule has 2 aliphatic rings. The average Bonchev–Trinajstić information content (AvgIpc) is 2.83. The van der Waals surface area contributed by atoms with Crippen LogP contribution in [0.15, 0.2) is 0 Å². The van der Waals surface area contributed by atoms with Crippen molar-refractivity contribution in [3.05, 3.63) is 0 Å². The molecule has 1 aliphatic heterocycles. The summed E-state index contributed by atoms with van der Waals surface area (Å²) in [4.78, 5) is 24.7. The van der Waals surface area contributed by atoms with Crippen LogP contribution in [-0.4, -0.2) is 41.3 Å². The first-order chi connectivity index (χ1) is 8.50. The minimum atomic E-state index is -0.897. The number of carbonyl (C=O) groups is 2. The molecule has 1 amide bonds. The quantitative estimate of drug-likeness (QED) is 0.837. The van der Waals surface area contributed by atoms with Crippen LogP contribution in [-0.2, 0) is 9.53 Å².